The van der Waals surface area contributed by atoms with E-state index in [0.29, 0.717) is 38.4 Å². The van der Waals surface area contributed by atoms with Crippen LogP contribution in [0.2, 0.25) is 10.0 Å². The van der Waals surface area contributed by atoms with Gasteiger partial charge in [-0.15, -0.1) is 4.40 Å². The highest BCUT2D eigenvalue weighted by Gasteiger charge is 2.25. The van der Waals surface area contributed by atoms with Gasteiger partial charge in [0.05, 0.1) is 12.8 Å². The van der Waals surface area contributed by atoms with Gasteiger partial charge < -0.3 is 14.8 Å². The molecule has 0 aromatic heterocycles. The number of nitrogens with one attached hydrogen (secondary N) is 1. The molecular weight excluding hydrogens is 447 g/mol. The molecule has 1 N–H and O–H groups in total. The fourth-order valence-corrected chi connectivity index (χ4v) is 4.64. The van der Waals surface area contributed by atoms with Gasteiger partial charge in [0.25, 0.3) is 10.0 Å². The molecule has 1 heterocycles. The van der Waals surface area contributed by atoms with Gasteiger partial charge in [0.15, 0.2) is 17.3 Å². The maximum Gasteiger partial charge on any atom is 0.286 e. The van der Waals surface area contributed by atoms with Gasteiger partial charge in [-0.3, -0.25) is 0 Å². The molecule has 154 valence electrons. The van der Waals surface area contributed by atoms with E-state index in [0.717, 1.165) is 0 Å². The summed E-state index contributed by atoms with van der Waals surface area (Å²) in [6, 6.07) is 16.8. The lowest BCUT2D eigenvalue weighted by atomic mass is 10.1. The Morgan fingerprint density at radius 1 is 0.967 bits per heavy atom. The van der Waals surface area contributed by atoms with Gasteiger partial charge in [0.1, 0.15) is 11.5 Å². The van der Waals surface area contributed by atoms with Crippen LogP contribution in [0.1, 0.15) is 11.1 Å². The number of para-hydroxylation sites is 1. The number of rotatable bonds is 5. The van der Waals surface area contributed by atoms with E-state index >= 15 is 0 Å². The first-order valence-electron chi connectivity index (χ1n) is 8.84. The molecule has 0 saturated heterocycles. The summed E-state index contributed by atoms with van der Waals surface area (Å²) in [5, 5.41) is 4.06. The van der Waals surface area contributed by atoms with Gasteiger partial charge in [-0.2, -0.15) is 8.42 Å². The molecule has 0 unspecified atom stereocenters. The van der Waals surface area contributed by atoms with E-state index in [1.165, 1.54) is 13.2 Å². The van der Waals surface area contributed by atoms with Crippen LogP contribution in [0.4, 0.5) is 5.69 Å². The van der Waals surface area contributed by atoms with Crippen molar-refractivity contribution < 1.29 is 17.9 Å². The summed E-state index contributed by atoms with van der Waals surface area (Å²) in [4.78, 5) is 0.136. The Labute approximate surface area is 184 Å². The maximum atomic E-state index is 12.5. The van der Waals surface area contributed by atoms with Crippen molar-refractivity contribution in [3.8, 4) is 11.5 Å². The molecule has 9 heteroatoms. The molecule has 0 atom stereocenters. The van der Waals surface area contributed by atoms with Crippen molar-refractivity contribution in [1.82, 2.24) is 0 Å². The van der Waals surface area contributed by atoms with Crippen molar-refractivity contribution in [1.29, 1.82) is 0 Å². The van der Waals surface area contributed by atoms with E-state index in [1.807, 2.05) is 0 Å². The highest BCUT2D eigenvalue weighted by molar-refractivity contribution is 7.90. The van der Waals surface area contributed by atoms with Crippen LogP contribution in [0, 0.1) is 0 Å². The molecule has 6 nitrogen and oxygen atoms in total. The number of halogens is 2. The van der Waals surface area contributed by atoms with Crippen molar-refractivity contribution in [3.63, 3.8) is 0 Å². The van der Waals surface area contributed by atoms with Crippen molar-refractivity contribution >= 4 is 44.7 Å². The van der Waals surface area contributed by atoms with E-state index in [-0.39, 0.29) is 17.3 Å². The summed E-state index contributed by atoms with van der Waals surface area (Å²) in [6.45, 7) is 0.148. The van der Waals surface area contributed by atoms with Crippen LogP contribution in [0.15, 0.2) is 70.0 Å². The zero-order valence-corrected chi connectivity index (χ0v) is 18.1. The number of fused-ring (bicyclic) bond motifs is 1. The summed E-state index contributed by atoms with van der Waals surface area (Å²) >= 11 is 12.4. The molecule has 30 heavy (non-hydrogen) atoms. The van der Waals surface area contributed by atoms with Crippen molar-refractivity contribution in [2.24, 2.45) is 4.40 Å². The van der Waals surface area contributed by atoms with Crippen molar-refractivity contribution in [3.05, 3.63) is 81.8 Å². The Hall–Kier alpha value is -2.74. The highest BCUT2D eigenvalue weighted by atomic mass is 35.5. The molecule has 0 aliphatic carbocycles. The first-order valence-corrected chi connectivity index (χ1v) is 11.0. The van der Waals surface area contributed by atoms with Gasteiger partial charge in [-0.1, -0.05) is 41.4 Å². The first-order chi connectivity index (χ1) is 14.4. The fraction of sp³-hybridized carbons (Fsp3) is 0.0952. The number of hydrogen-bond donors (Lipinski definition) is 1. The third-order valence-electron chi connectivity index (χ3n) is 4.50. The number of ether oxygens (including phenoxy) is 2. The number of benzene rings is 3. The van der Waals surface area contributed by atoms with Gasteiger partial charge in [-0.25, -0.2) is 0 Å². The van der Waals surface area contributed by atoms with Crippen LogP contribution in [0.25, 0.3) is 0 Å². The Balaban J connectivity index is 1.63. The molecule has 0 radical (unpaired) electrons. The van der Waals surface area contributed by atoms with E-state index in [1.54, 1.807) is 54.6 Å². The van der Waals surface area contributed by atoms with Gasteiger partial charge in [0, 0.05) is 21.2 Å². The molecule has 4 rings (SSSR count). The molecular formula is C21H16Cl2N2O4S. The average molecular weight is 463 g/mol. The standard InChI is InChI=1S/C21H16Cl2N2O4S/c1-28-19-11-13(21-24-17-7-2-3-8-20(17)30(26,27)25-21)9-10-18(19)29-12-14-15(22)5-4-6-16(14)23/h2-11H,12H2,1H3,(H,24,25). The lowest BCUT2D eigenvalue weighted by Gasteiger charge is -2.19. The number of hydrogen-bond acceptors (Lipinski definition) is 5. The van der Waals surface area contributed by atoms with E-state index in [2.05, 4.69) is 9.71 Å². The third kappa shape index (κ3) is 3.96. The molecule has 3 aromatic carbocycles. The third-order valence-corrected chi connectivity index (χ3v) is 6.54. The summed E-state index contributed by atoms with van der Waals surface area (Å²) in [5.74, 6) is 1.07. The second kappa shape index (κ2) is 8.18. The van der Waals surface area contributed by atoms with Gasteiger partial charge >= 0.3 is 0 Å². The zero-order chi connectivity index (χ0) is 21.3. The maximum absolute atomic E-state index is 12.5. The Morgan fingerprint density at radius 2 is 1.70 bits per heavy atom. The minimum absolute atomic E-state index is 0.136. The second-order valence-electron chi connectivity index (χ2n) is 6.39. The van der Waals surface area contributed by atoms with Crippen LogP contribution >= 0.6 is 23.2 Å². The van der Waals surface area contributed by atoms with E-state index < -0.39 is 10.0 Å². The Bertz CT molecular complexity index is 1240. The van der Waals surface area contributed by atoms with Crippen LogP contribution in [-0.4, -0.2) is 21.4 Å². The molecule has 1 aliphatic heterocycles. The predicted molar refractivity (Wildman–Crippen MR) is 118 cm³/mol. The lowest BCUT2D eigenvalue weighted by Crippen LogP contribution is -2.22. The molecule has 0 saturated carbocycles. The van der Waals surface area contributed by atoms with Crippen LogP contribution in [0.3, 0.4) is 0 Å². The quantitative estimate of drug-likeness (QED) is 0.567. The van der Waals surface area contributed by atoms with Gasteiger partial charge in [0.2, 0.25) is 0 Å². The van der Waals surface area contributed by atoms with Crippen LogP contribution < -0.4 is 14.8 Å². The molecule has 1 aliphatic rings. The summed E-state index contributed by atoms with van der Waals surface area (Å²) in [5.41, 5.74) is 1.66. The minimum Gasteiger partial charge on any atom is -0.493 e. The lowest BCUT2D eigenvalue weighted by molar-refractivity contribution is 0.284. The summed E-state index contributed by atoms with van der Waals surface area (Å²) in [6.07, 6.45) is 0. The zero-order valence-electron chi connectivity index (χ0n) is 15.7. The number of methoxy groups -OCH3 is 1. The number of nitrogens with zero attached hydrogens (tertiary/aromatic N) is 1. The number of sulfonamides is 1. The van der Waals surface area contributed by atoms with Crippen LogP contribution in [-0.2, 0) is 16.6 Å². The molecule has 0 spiro atoms. The first kappa shape index (κ1) is 20.5. The largest absolute Gasteiger partial charge is 0.493 e. The topological polar surface area (TPSA) is 77.0 Å². The average Bonchev–Trinajstić information content (AvgIpc) is 2.73. The van der Waals surface area contributed by atoms with Crippen LogP contribution in [0.5, 0.6) is 11.5 Å². The SMILES string of the molecule is COc1cc(C2=NS(=O)(=O)c3ccccc3N2)ccc1OCc1c(Cl)cccc1Cl. The number of amidine groups is 1. The molecule has 0 bridgehead atoms. The summed E-state index contributed by atoms with van der Waals surface area (Å²) in [7, 11) is -2.30. The Kier molecular flexibility index (Phi) is 5.60. The van der Waals surface area contributed by atoms with Gasteiger partial charge in [-0.05, 0) is 42.5 Å². The Morgan fingerprint density at radius 3 is 2.43 bits per heavy atom. The van der Waals surface area contributed by atoms with Crippen molar-refractivity contribution in [2.75, 3.05) is 12.4 Å². The highest BCUT2D eigenvalue weighted by Crippen LogP contribution is 2.33. The monoisotopic (exact) mass is 462 g/mol. The number of anilines is 1. The predicted octanol–water partition coefficient (Wildman–Crippen LogP) is 5.14. The smallest absolute Gasteiger partial charge is 0.286 e. The normalized spacial score (nSPS) is 14.3. The molecule has 0 fully saturated rings. The fourth-order valence-electron chi connectivity index (χ4n) is 2.99. The molecule has 0 amide bonds. The minimum atomic E-state index is -3.80. The van der Waals surface area contributed by atoms with E-state index in [4.69, 9.17) is 32.7 Å². The second-order valence-corrected chi connectivity index (χ2v) is 8.78. The van der Waals surface area contributed by atoms with E-state index in [9.17, 15) is 8.42 Å². The van der Waals surface area contributed by atoms with Crippen molar-refractivity contribution in [2.45, 2.75) is 11.5 Å². The summed E-state index contributed by atoms with van der Waals surface area (Å²) < 4.78 is 40.1. The molecule has 3 aromatic rings.